The van der Waals surface area contributed by atoms with Crippen molar-refractivity contribution in [2.24, 2.45) is 0 Å². The van der Waals surface area contributed by atoms with E-state index in [0.29, 0.717) is 11.1 Å². The molecule has 36 valence electrons. The van der Waals surface area contributed by atoms with Crippen LogP contribution in [0.5, 0.6) is 0 Å². The van der Waals surface area contributed by atoms with Gasteiger partial charge in [0, 0.05) is 6.42 Å². The molecule has 0 amide bonds. The van der Waals surface area contributed by atoms with Gasteiger partial charge >= 0.3 is 0 Å². The van der Waals surface area contributed by atoms with Crippen LogP contribution in [0.1, 0.15) is 6.42 Å². The Kier molecular flexibility index (Phi) is 0.653. The fourth-order valence-electron chi connectivity index (χ4n) is 0.561. The first-order valence-electron chi connectivity index (χ1n) is 2.12. The molecule has 0 spiro atoms. The molecule has 0 radical (unpaired) electrons. The van der Waals surface area contributed by atoms with E-state index in [-0.39, 0.29) is 5.78 Å². The number of hydrogen-bond acceptors (Lipinski definition) is 1. The molecular formula is C6H6O. The molecule has 0 aromatic heterocycles. The molecule has 1 fully saturated rings. The maximum absolute atomic E-state index is 10.4. The first-order valence-corrected chi connectivity index (χ1v) is 2.12. The van der Waals surface area contributed by atoms with E-state index < -0.39 is 0 Å². The number of Topliss-reactive ketones (excluding diaryl/α,β-unsaturated/α-hetero) is 1. The highest BCUT2D eigenvalue weighted by Crippen LogP contribution is 2.23. The highest BCUT2D eigenvalue weighted by atomic mass is 16.1. The van der Waals surface area contributed by atoms with Crippen molar-refractivity contribution in [3.63, 3.8) is 0 Å². The molecule has 0 heterocycles. The summed E-state index contributed by atoms with van der Waals surface area (Å²) in [6.07, 6.45) is 0.721. The SMILES string of the molecule is C=C1CC(=C)C1=O. The molecule has 0 saturated heterocycles. The van der Waals surface area contributed by atoms with Crippen LogP contribution in [0.15, 0.2) is 24.3 Å². The van der Waals surface area contributed by atoms with Crippen molar-refractivity contribution in [1.29, 1.82) is 0 Å². The van der Waals surface area contributed by atoms with Gasteiger partial charge in [-0.2, -0.15) is 0 Å². The number of hydrogen-bond donors (Lipinski definition) is 0. The van der Waals surface area contributed by atoms with Gasteiger partial charge in [0.25, 0.3) is 0 Å². The third kappa shape index (κ3) is 0.411. The minimum absolute atomic E-state index is 0.0556. The number of ketones is 1. The summed E-state index contributed by atoms with van der Waals surface area (Å²) in [6, 6.07) is 0. The number of allylic oxidation sites excluding steroid dienone is 2. The Bertz CT molecular complexity index is 138. The van der Waals surface area contributed by atoms with Gasteiger partial charge in [-0.05, 0) is 11.1 Å². The van der Waals surface area contributed by atoms with Gasteiger partial charge in [0.15, 0.2) is 5.78 Å². The van der Waals surface area contributed by atoms with E-state index in [4.69, 9.17) is 0 Å². The zero-order valence-corrected chi connectivity index (χ0v) is 4.03. The second kappa shape index (κ2) is 1.06. The minimum Gasteiger partial charge on any atom is -0.289 e. The van der Waals surface area contributed by atoms with Crippen LogP contribution in [-0.2, 0) is 4.79 Å². The van der Waals surface area contributed by atoms with Crippen LogP contribution in [-0.4, -0.2) is 5.78 Å². The fourth-order valence-corrected chi connectivity index (χ4v) is 0.561. The summed E-state index contributed by atoms with van der Waals surface area (Å²) >= 11 is 0. The van der Waals surface area contributed by atoms with Crippen molar-refractivity contribution >= 4 is 5.78 Å². The second-order valence-electron chi connectivity index (χ2n) is 1.71. The van der Waals surface area contributed by atoms with Gasteiger partial charge in [-0.25, -0.2) is 0 Å². The molecule has 1 saturated carbocycles. The molecule has 1 aliphatic carbocycles. The van der Waals surface area contributed by atoms with Crippen LogP contribution in [0.4, 0.5) is 0 Å². The molecule has 1 nitrogen and oxygen atoms in total. The van der Waals surface area contributed by atoms with Gasteiger partial charge in [-0.1, -0.05) is 13.2 Å². The van der Waals surface area contributed by atoms with Crippen LogP contribution in [0.25, 0.3) is 0 Å². The summed E-state index contributed by atoms with van der Waals surface area (Å²) < 4.78 is 0. The third-order valence-corrected chi connectivity index (χ3v) is 1.07. The quantitative estimate of drug-likeness (QED) is 0.410. The summed E-state index contributed by atoms with van der Waals surface area (Å²) in [6.45, 7) is 6.96. The first-order chi connectivity index (χ1) is 3.22. The Labute approximate surface area is 42.3 Å². The lowest BCUT2D eigenvalue weighted by molar-refractivity contribution is -0.114. The van der Waals surface area contributed by atoms with Crippen molar-refractivity contribution < 1.29 is 4.79 Å². The Balaban J connectivity index is 2.78. The van der Waals surface area contributed by atoms with Gasteiger partial charge in [0.05, 0.1) is 0 Å². The summed E-state index contributed by atoms with van der Waals surface area (Å²) in [7, 11) is 0. The average Bonchev–Trinajstić information content (AvgIpc) is 1.68. The Morgan fingerprint density at radius 3 is 1.71 bits per heavy atom. The molecule has 0 N–H and O–H groups in total. The predicted octanol–water partition coefficient (Wildman–Crippen LogP) is 1.07. The zero-order valence-electron chi connectivity index (χ0n) is 4.03. The lowest BCUT2D eigenvalue weighted by atomic mass is 9.87. The molecule has 7 heavy (non-hydrogen) atoms. The third-order valence-electron chi connectivity index (χ3n) is 1.07. The largest absolute Gasteiger partial charge is 0.289 e. The lowest BCUT2D eigenvalue weighted by Gasteiger charge is -2.15. The molecule has 1 aliphatic rings. The van der Waals surface area contributed by atoms with E-state index in [0.717, 1.165) is 6.42 Å². The summed E-state index contributed by atoms with van der Waals surface area (Å²) in [5, 5.41) is 0. The van der Waals surface area contributed by atoms with Crippen LogP contribution in [0.3, 0.4) is 0 Å². The molecule has 1 heteroatoms. The van der Waals surface area contributed by atoms with E-state index in [1.54, 1.807) is 0 Å². The molecular weight excluding hydrogens is 88.1 g/mol. The monoisotopic (exact) mass is 94.0 g/mol. The standard InChI is InChI=1S/C6H6O/c1-4-3-5(2)6(4)7/h1-3H2. The molecule has 0 aromatic carbocycles. The summed E-state index contributed by atoms with van der Waals surface area (Å²) in [5.74, 6) is 0.0556. The zero-order chi connectivity index (χ0) is 5.44. The van der Waals surface area contributed by atoms with E-state index >= 15 is 0 Å². The molecule has 0 bridgehead atoms. The summed E-state index contributed by atoms with van der Waals surface area (Å²) in [5.41, 5.74) is 1.40. The van der Waals surface area contributed by atoms with Crippen LogP contribution in [0, 0.1) is 0 Å². The van der Waals surface area contributed by atoms with Crippen molar-refractivity contribution in [2.75, 3.05) is 0 Å². The van der Waals surface area contributed by atoms with Crippen molar-refractivity contribution in [1.82, 2.24) is 0 Å². The first kappa shape index (κ1) is 4.31. The van der Waals surface area contributed by atoms with Crippen LogP contribution >= 0.6 is 0 Å². The smallest absolute Gasteiger partial charge is 0.184 e. The molecule has 1 rings (SSSR count). The van der Waals surface area contributed by atoms with Crippen molar-refractivity contribution in [2.45, 2.75) is 6.42 Å². The highest BCUT2D eigenvalue weighted by molar-refractivity contribution is 6.15. The molecule has 0 atom stereocenters. The Hall–Kier alpha value is -0.850. The normalized spacial score (nSPS) is 19.7. The van der Waals surface area contributed by atoms with Gasteiger partial charge < -0.3 is 0 Å². The van der Waals surface area contributed by atoms with Gasteiger partial charge in [0.2, 0.25) is 0 Å². The maximum atomic E-state index is 10.4. The highest BCUT2D eigenvalue weighted by Gasteiger charge is 2.22. The maximum Gasteiger partial charge on any atom is 0.184 e. The Morgan fingerprint density at radius 1 is 1.29 bits per heavy atom. The topological polar surface area (TPSA) is 17.1 Å². The molecule has 0 unspecified atom stereocenters. The van der Waals surface area contributed by atoms with Gasteiger partial charge in [0.1, 0.15) is 0 Å². The van der Waals surface area contributed by atoms with Crippen LogP contribution < -0.4 is 0 Å². The Morgan fingerprint density at radius 2 is 1.71 bits per heavy atom. The van der Waals surface area contributed by atoms with E-state index in [1.807, 2.05) is 0 Å². The summed E-state index contributed by atoms with van der Waals surface area (Å²) in [4.78, 5) is 10.4. The van der Waals surface area contributed by atoms with Gasteiger partial charge in [-0.15, -0.1) is 0 Å². The number of carbonyl (C=O) groups excluding carboxylic acids is 1. The predicted molar refractivity (Wildman–Crippen MR) is 27.9 cm³/mol. The van der Waals surface area contributed by atoms with Crippen molar-refractivity contribution in [3.05, 3.63) is 24.3 Å². The van der Waals surface area contributed by atoms with E-state index in [1.165, 1.54) is 0 Å². The lowest BCUT2D eigenvalue weighted by Crippen LogP contribution is -2.16. The second-order valence-corrected chi connectivity index (χ2v) is 1.71. The average molecular weight is 94.1 g/mol. The van der Waals surface area contributed by atoms with E-state index in [2.05, 4.69) is 13.2 Å². The van der Waals surface area contributed by atoms with Crippen LogP contribution in [0.2, 0.25) is 0 Å². The van der Waals surface area contributed by atoms with Gasteiger partial charge in [-0.3, -0.25) is 4.79 Å². The minimum atomic E-state index is 0.0556. The van der Waals surface area contributed by atoms with Crippen molar-refractivity contribution in [3.8, 4) is 0 Å². The van der Waals surface area contributed by atoms with E-state index in [9.17, 15) is 4.79 Å². The number of rotatable bonds is 0. The number of carbonyl (C=O) groups is 1. The fraction of sp³-hybridized carbons (Fsp3) is 0.167. The molecule has 0 aromatic rings. The molecule has 0 aliphatic heterocycles.